The van der Waals surface area contributed by atoms with Gasteiger partial charge in [0.1, 0.15) is 0 Å². The van der Waals surface area contributed by atoms with Crippen LogP contribution in [0.4, 0.5) is 0 Å². The first kappa shape index (κ1) is 28.2. The maximum atomic E-state index is 13.4. The lowest BCUT2D eigenvalue weighted by Gasteiger charge is -2.31. The number of nitrogens with one attached hydrogen (secondary N) is 2. The topological polar surface area (TPSA) is 83.7 Å². The summed E-state index contributed by atoms with van der Waals surface area (Å²) in [6.07, 6.45) is 5.46. The van der Waals surface area contributed by atoms with Crippen LogP contribution in [0.3, 0.4) is 0 Å². The number of nitrogens with zero attached hydrogens (tertiary/aromatic N) is 2. The smallest absolute Gasteiger partial charge is 0.334 e. The number of rotatable bonds is 5. The van der Waals surface area contributed by atoms with E-state index in [-0.39, 0.29) is 11.9 Å². The second-order valence-corrected chi connectivity index (χ2v) is 11.9. The van der Waals surface area contributed by atoms with Crippen molar-refractivity contribution < 1.29 is 9.53 Å². The summed E-state index contributed by atoms with van der Waals surface area (Å²) in [5.74, 6) is -0.305. The van der Waals surface area contributed by atoms with Gasteiger partial charge in [0.25, 0.3) is 0 Å². The van der Waals surface area contributed by atoms with Gasteiger partial charge in [-0.2, -0.15) is 0 Å². The maximum absolute atomic E-state index is 13.4. The first-order valence-corrected chi connectivity index (χ1v) is 15.4. The summed E-state index contributed by atoms with van der Waals surface area (Å²) in [7, 11) is 1.47. The zero-order chi connectivity index (χ0) is 30.1. The molecule has 3 aliphatic rings. The van der Waals surface area contributed by atoms with E-state index in [1.807, 2.05) is 6.08 Å². The van der Waals surface area contributed by atoms with Gasteiger partial charge in [0.2, 0.25) is 0 Å². The molecule has 0 fully saturated rings. The van der Waals surface area contributed by atoms with Crippen LogP contribution >= 0.6 is 0 Å². The molecule has 0 saturated carbocycles. The van der Waals surface area contributed by atoms with E-state index in [0.717, 1.165) is 81.7 Å². The Kier molecular flexibility index (Phi) is 6.79. The van der Waals surface area contributed by atoms with Crippen LogP contribution in [0.2, 0.25) is 0 Å². The predicted octanol–water partition coefficient (Wildman–Crippen LogP) is 8.42. The molecule has 6 rings (SSSR count). The molecule has 6 heteroatoms. The third-order valence-electron chi connectivity index (χ3n) is 10.3. The van der Waals surface area contributed by atoms with Crippen molar-refractivity contribution in [3.63, 3.8) is 0 Å². The first-order chi connectivity index (χ1) is 20.1. The normalized spacial score (nSPS) is 19.5. The number of allylic oxidation sites excluding steroid dienone is 2. The van der Waals surface area contributed by atoms with Crippen molar-refractivity contribution in [1.82, 2.24) is 19.9 Å². The number of methoxy groups -OCH3 is 1. The van der Waals surface area contributed by atoms with Gasteiger partial charge in [-0.15, -0.1) is 0 Å². The van der Waals surface area contributed by atoms with Crippen molar-refractivity contribution in [2.45, 2.75) is 92.4 Å². The highest BCUT2D eigenvalue weighted by molar-refractivity contribution is 6.03. The monoisotopic (exact) mass is 562 g/mol. The van der Waals surface area contributed by atoms with E-state index in [1.54, 1.807) is 0 Å². The Hall–Kier alpha value is -3.93. The molecule has 2 atom stereocenters. The average Bonchev–Trinajstić information content (AvgIpc) is 3.72. The van der Waals surface area contributed by atoms with E-state index < -0.39 is 5.41 Å². The molecule has 8 bridgehead atoms. The van der Waals surface area contributed by atoms with Gasteiger partial charge in [0.05, 0.1) is 35.2 Å². The number of hydrogen-bond donors (Lipinski definition) is 2. The van der Waals surface area contributed by atoms with Gasteiger partial charge in [-0.05, 0) is 104 Å². The van der Waals surface area contributed by atoms with Gasteiger partial charge in [0, 0.05) is 39.2 Å². The van der Waals surface area contributed by atoms with E-state index in [2.05, 4.69) is 83.6 Å². The molecule has 0 radical (unpaired) electrons. The molecule has 2 N–H and O–H groups in total. The highest BCUT2D eigenvalue weighted by Gasteiger charge is 2.53. The molecule has 0 aromatic carbocycles. The Morgan fingerprint density at radius 2 is 1.50 bits per heavy atom. The van der Waals surface area contributed by atoms with E-state index in [4.69, 9.17) is 14.7 Å². The van der Waals surface area contributed by atoms with Gasteiger partial charge >= 0.3 is 5.97 Å². The van der Waals surface area contributed by atoms with E-state index in [1.165, 1.54) is 34.9 Å². The molecule has 0 saturated heterocycles. The second-order valence-electron chi connectivity index (χ2n) is 11.9. The summed E-state index contributed by atoms with van der Waals surface area (Å²) < 4.78 is 5.37. The van der Waals surface area contributed by atoms with Crippen molar-refractivity contribution in [1.29, 1.82) is 0 Å². The Labute approximate surface area is 248 Å². The molecule has 2 unspecified atom stereocenters. The fraction of sp³-hybridized carbons (Fsp3) is 0.417. The fourth-order valence-electron chi connectivity index (χ4n) is 7.81. The molecular weight excluding hydrogens is 520 g/mol. The van der Waals surface area contributed by atoms with Gasteiger partial charge in [-0.1, -0.05) is 34.6 Å². The SMILES string of the molecule is CCC1=C(C)c2nc1cc1[nH]c(cc3[nH]c(cc4nc5c2C=C(C(=O)OC)C5(CC)C4C)c(CC)c3C)c(CC)c1C. The van der Waals surface area contributed by atoms with Crippen LogP contribution in [0.1, 0.15) is 111 Å². The first-order valence-electron chi connectivity index (χ1n) is 15.4. The largest absolute Gasteiger partial charge is 0.466 e. The molecule has 0 amide bonds. The van der Waals surface area contributed by atoms with Crippen molar-refractivity contribution in [3.8, 4) is 0 Å². The molecule has 6 nitrogen and oxygen atoms in total. The third kappa shape index (κ3) is 3.73. The zero-order valence-electron chi connectivity index (χ0n) is 26.4. The van der Waals surface area contributed by atoms with Crippen LogP contribution in [0.25, 0.3) is 39.3 Å². The van der Waals surface area contributed by atoms with Gasteiger partial charge in [-0.25, -0.2) is 9.78 Å². The number of fused-ring (bicyclic) bond motifs is 8. The number of carbonyl (C=O) groups excluding carboxylic acids is 1. The summed E-state index contributed by atoms with van der Waals surface area (Å²) in [4.78, 5) is 31.5. The second kappa shape index (κ2) is 10.1. The maximum Gasteiger partial charge on any atom is 0.334 e. The van der Waals surface area contributed by atoms with E-state index >= 15 is 0 Å². The minimum Gasteiger partial charge on any atom is -0.466 e. The summed E-state index contributed by atoms with van der Waals surface area (Å²) in [5, 5.41) is 0. The molecule has 2 aliphatic heterocycles. The van der Waals surface area contributed by atoms with Crippen molar-refractivity contribution in [2.24, 2.45) is 0 Å². The average molecular weight is 563 g/mol. The number of H-pyrrole nitrogens is 2. The predicted molar refractivity (Wildman–Crippen MR) is 172 cm³/mol. The van der Waals surface area contributed by atoms with Gasteiger partial charge in [-0.3, -0.25) is 4.98 Å². The Bertz CT molecular complexity index is 1880. The minimum atomic E-state index is -0.562. The van der Waals surface area contributed by atoms with E-state index in [9.17, 15) is 4.79 Å². The van der Waals surface area contributed by atoms with Crippen LogP contribution in [0.15, 0.2) is 23.8 Å². The van der Waals surface area contributed by atoms with Gasteiger partial charge < -0.3 is 14.7 Å². The number of esters is 1. The Balaban J connectivity index is 1.86. The molecule has 3 aromatic rings. The molecular formula is C36H42N4O2. The Morgan fingerprint density at radius 3 is 2.07 bits per heavy atom. The quantitative estimate of drug-likeness (QED) is 0.306. The summed E-state index contributed by atoms with van der Waals surface area (Å²) in [5.41, 5.74) is 16.8. The van der Waals surface area contributed by atoms with Gasteiger partial charge in [0.15, 0.2) is 0 Å². The lowest BCUT2D eigenvalue weighted by atomic mass is 9.69. The molecule has 218 valence electrons. The summed E-state index contributed by atoms with van der Waals surface area (Å²) in [6, 6.07) is 6.68. The van der Waals surface area contributed by atoms with Crippen LogP contribution < -0.4 is 0 Å². The molecule has 1 aliphatic carbocycles. The number of hydrogen-bond acceptors (Lipinski definition) is 4. The highest BCUT2D eigenvalue weighted by Crippen LogP contribution is 2.56. The molecule has 3 aromatic heterocycles. The van der Waals surface area contributed by atoms with Crippen LogP contribution in [0, 0.1) is 13.8 Å². The standard InChI is InChI=1S/C36H42N4O2/c1-10-22-18(5)28-16-32-24(12-3)20(7)33(39-32)25-14-26(35(41)42-9)36(13-4)21(8)29(40-34(25)36)17-31-23(11-2)19(6)27(38-31)15-30(22)37-28/h14-17,21,37-38H,10-13H2,1-9H3. The number of aromatic nitrogens is 4. The van der Waals surface area contributed by atoms with Crippen LogP contribution in [0.5, 0.6) is 0 Å². The van der Waals surface area contributed by atoms with Crippen molar-refractivity contribution in [3.05, 3.63) is 74.4 Å². The summed E-state index contributed by atoms with van der Waals surface area (Å²) >= 11 is 0. The number of carbonyl (C=O) groups is 1. The number of aromatic amines is 2. The van der Waals surface area contributed by atoms with Crippen LogP contribution in [-0.2, 0) is 27.8 Å². The number of ether oxygens (including phenoxy) is 1. The minimum absolute atomic E-state index is 0.0105. The molecule has 0 spiro atoms. The molecule has 5 heterocycles. The highest BCUT2D eigenvalue weighted by atomic mass is 16.5. The van der Waals surface area contributed by atoms with Crippen molar-refractivity contribution in [2.75, 3.05) is 7.11 Å². The molecule has 42 heavy (non-hydrogen) atoms. The van der Waals surface area contributed by atoms with E-state index in [0.29, 0.717) is 5.57 Å². The third-order valence-corrected chi connectivity index (χ3v) is 10.3. The zero-order valence-corrected chi connectivity index (χ0v) is 26.4. The van der Waals surface area contributed by atoms with Crippen LogP contribution in [-0.4, -0.2) is 33.0 Å². The lowest BCUT2D eigenvalue weighted by Crippen LogP contribution is -2.32. The fourth-order valence-corrected chi connectivity index (χ4v) is 7.81. The summed E-state index contributed by atoms with van der Waals surface area (Å²) in [6.45, 7) is 17.5. The van der Waals surface area contributed by atoms with Crippen molar-refractivity contribution >= 4 is 45.3 Å². The lowest BCUT2D eigenvalue weighted by molar-refractivity contribution is -0.136. The Morgan fingerprint density at radius 1 is 0.881 bits per heavy atom. The number of aryl methyl sites for hydroxylation is 4.